The van der Waals surface area contributed by atoms with Crippen LogP contribution in [0.5, 0.6) is 0 Å². The molecule has 3 aromatic rings. The molecule has 0 spiro atoms. The number of hydrogen-bond donors (Lipinski definition) is 0. The molecule has 0 saturated carbocycles. The first-order valence-corrected chi connectivity index (χ1v) is 10.3. The van der Waals surface area contributed by atoms with Crippen LogP contribution in [0.2, 0.25) is 0 Å². The van der Waals surface area contributed by atoms with Gasteiger partial charge >= 0.3 is 0 Å². The van der Waals surface area contributed by atoms with Gasteiger partial charge in [-0.3, -0.25) is 0 Å². The van der Waals surface area contributed by atoms with E-state index in [0.29, 0.717) is 12.3 Å². The average molecular weight is 383 g/mol. The van der Waals surface area contributed by atoms with Crippen LogP contribution < -0.4 is 4.90 Å². The van der Waals surface area contributed by atoms with Gasteiger partial charge in [-0.2, -0.15) is 5.26 Å². The lowest BCUT2D eigenvalue weighted by atomic mass is 9.87. The highest BCUT2D eigenvalue weighted by atomic mass is 15.1. The van der Waals surface area contributed by atoms with Crippen molar-refractivity contribution in [1.29, 1.82) is 5.26 Å². The Hall–Kier alpha value is -3.05. The van der Waals surface area contributed by atoms with E-state index in [1.165, 1.54) is 11.1 Å². The summed E-state index contributed by atoms with van der Waals surface area (Å²) in [6, 6.07) is 28.0. The fourth-order valence-electron chi connectivity index (χ4n) is 3.51. The molecule has 0 fully saturated rings. The van der Waals surface area contributed by atoms with E-state index in [0.717, 1.165) is 22.6 Å². The molecule has 3 rings (SSSR count). The Kier molecular flexibility index (Phi) is 6.09. The van der Waals surface area contributed by atoms with Crippen molar-refractivity contribution < 1.29 is 0 Å². The molecule has 0 aromatic heterocycles. The van der Waals surface area contributed by atoms with Crippen molar-refractivity contribution in [3.05, 3.63) is 89.5 Å². The van der Waals surface area contributed by atoms with Gasteiger partial charge < -0.3 is 4.90 Å². The topological polar surface area (TPSA) is 27.0 Å². The summed E-state index contributed by atoms with van der Waals surface area (Å²) in [6.07, 6.45) is 0.386. The van der Waals surface area contributed by atoms with E-state index in [-0.39, 0.29) is 5.41 Å². The first kappa shape index (κ1) is 20.7. The van der Waals surface area contributed by atoms with Gasteiger partial charge in [0.05, 0.1) is 18.2 Å². The van der Waals surface area contributed by atoms with Gasteiger partial charge in [0, 0.05) is 11.4 Å². The van der Waals surface area contributed by atoms with Gasteiger partial charge in [0.25, 0.3) is 0 Å². The summed E-state index contributed by atoms with van der Waals surface area (Å²) in [7, 11) is 0. The highest BCUT2D eigenvalue weighted by molar-refractivity contribution is 5.78. The predicted octanol–water partition coefficient (Wildman–Crippen LogP) is 7.64. The molecule has 0 N–H and O–H groups in total. The molecule has 148 valence electrons. The van der Waals surface area contributed by atoms with Gasteiger partial charge in [-0.1, -0.05) is 77.1 Å². The Morgan fingerprint density at radius 3 is 1.90 bits per heavy atom. The lowest BCUT2D eigenvalue weighted by Crippen LogP contribution is -2.14. The zero-order valence-corrected chi connectivity index (χ0v) is 18.1. The van der Waals surface area contributed by atoms with Crippen LogP contribution in [-0.2, 0) is 11.8 Å². The SMILES string of the molecule is CC(C)c1ccc(N(c2ccc(C(C)(C)C)cc2)c2ccccc2CC#N)cc1. The van der Waals surface area contributed by atoms with Crippen molar-refractivity contribution in [2.75, 3.05) is 4.90 Å². The first-order valence-electron chi connectivity index (χ1n) is 10.3. The fourth-order valence-corrected chi connectivity index (χ4v) is 3.51. The predicted molar refractivity (Wildman–Crippen MR) is 123 cm³/mol. The summed E-state index contributed by atoms with van der Waals surface area (Å²) in [5.74, 6) is 0.495. The van der Waals surface area contributed by atoms with Crippen molar-refractivity contribution in [2.24, 2.45) is 0 Å². The molecule has 0 bridgehead atoms. The van der Waals surface area contributed by atoms with Crippen LogP contribution >= 0.6 is 0 Å². The molecule has 0 heterocycles. The Bertz CT molecular complexity index is 984. The lowest BCUT2D eigenvalue weighted by Gasteiger charge is -2.28. The summed E-state index contributed by atoms with van der Waals surface area (Å²) in [5, 5.41) is 9.32. The third-order valence-electron chi connectivity index (χ3n) is 5.31. The molecular weight excluding hydrogens is 352 g/mol. The van der Waals surface area contributed by atoms with E-state index >= 15 is 0 Å². The largest absolute Gasteiger partial charge is 0.310 e. The van der Waals surface area contributed by atoms with Crippen LogP contribution in [-0.4, -0.2) is 0 Å². The van der Waals surface area contributed by atoms with Gasteiger partial charge in [0.2, 0.25) is 0 Å². The molecule has 0 radical (unpaired) electrons. The molecule has 0 aliphatic heterocycles. The van der Waals surface area contributed by atoms with Crippen molar-refractivity contribution in [3.63, 3.8) is 0 Å². The number of benzene rings is 3. The Labute approximate surface area is 175 Å². The van der Waals surface area contributed by atoms with Crippen LogP contribution in [0.1, 0.15) is 57.2 Å². The second-order valence-corrected chi connectivity index (χ2v) is 8.84. The monoisotopic (exact) mass is 382 g/mol. The van der Waals surface area contributed by atoms with E-state index in [9.17, 15) is 5.26 Å². The van der Waals surface area contributed by atoms with E-state index in [4.69, 9.17) is 0 Å². The fraction of sp³-hybridized carbons (Fsp3) is 0.296. The normalized spacial score (nSPS) is 11.3. The van der Waals surface area contributed by atoms with Gasteiger partial charge in [-0.05, 0) is 58.4 Å². The lowest BCUT2D eigenvalue weighted by molar-refractivity contribution is 0.590. The second kappa shape index (κ2) is 8.53. The number of nitrogens with zero attached hydrogens (tertiary/aromatic N) is 2. The maximum Gasteiger partial charge on any atom is 0.0670 e. The highest BCUT2D eigenvalue weighted by Gasteiger charge is 2.18. The number of para-hydroxylation sites is 1. The minimum absolute atomic E-state index is 0.112. The average Bonchev–Trinajstić information content (AvgIpc) is 2.70. The number of rotatable bonds is 5. The molecule has 2 heteroatoms. The van der Waals surface area contributed by atoms with E-state index in [2.05, 4.69) is 100 Å². The third kappa shape index (κ3) is 4.69. The van der Waals surface area contributed by atoms with E-state index in [1.807, 2.05) is 18.2 Å². The summed E-state index contributed by atoms with van der Waals surface area (Å²) in [6.45, 7) is 11.1. The summed E-state index contributed by atoms with van der Waals surface area (Å²) in [5.41, 5.74) is 7.02. The number of hydrogen-bond acceptors (Lipinski definition) is 2. The zero-order valence-electron chi connectivity index (χ0n) is 18.1. The molecule has 2 nitrogen and oxygen atoms in total. The molecule has 29 heavy (non-hydrogen) atoms. The maximum absolute atomic E-state index is 9.32. The molecule has 3 aromatic carbocycles. The summed E-state index contributed by atoms with van der Waals surface area (Å²) >= 11 is 0. The smallest absolute Gasteiger partial charge is 0.0670 e. The van der Waals surface area contributed by atoms with Gasteiger partial charge in [-0.25, -0.2) is 0 Å². The van der Waals surface area contributed by atoms with Crippen LogP contribution in [0.4, 0.5) is 17.1 Å². The molecule has 0 atom stereocenters. The van der Waals surface area contributed by atoms with Crippen LogP contribution in [0.3, 0.4) is 0 Å². The third-order valence-corrected chi connectivity index (χ3v) is 5.31. The molecule has 0 unspecified atom stereocenters. The molecule has 0 amide bonds. The van der Waals surface area contributed by atoms with Crippen molar-refractivity contribution in [1.82, 2.24) is 0 Å². The molecule has 0 aliphatic carbocycles. The minimum atomic E-state index is 0.112. The zero-order chi connectivity index (χ0) is 21.0. The van der Waals surface area contributed by atoms with Crippen LogP contribution in [0.15, 0.2) is 72.8 Å². The van der Waals surface area contributed by atoms with Crippen LogP contribution in [0.25, 0.3) is 0 Å². The first-order chi connectivity index (χ1) is 13.8. The quantitative estimate of drug-likeness (QED) is 0.453. The Morgan fingerprint density at radius 1 is 0.828 bits per heavy atom. The van der Waals surface area contributed by atoms with Crippen molar-refractivity contribution in [3.8, 4) is 6.07 Å². The highest BCUT2D eigenvalue weighted by Crippen LogP contribution is 2.38. The second-order valence-electron chi connectivity index (χ2n) is 8.84. The Morgan fingerprint density at radius 2 is 1.38 bits per heavy atom. The van der Waals surface area contributed by atoms with Gasteiger partial charge in [0.15, 0.2) is 0 Å². The minimum Gasteiger partial charge on any atom is -0.310 e. The summed E-state index contributed by atoms with van der Waals surface area (Å²) < 4.78 is 0. The standard InChI is InChI=1S/C27H30N2/c1-20(2)21-10-14-24(15-11-21)29(26-9-7-6-8-22(26)18-19-28)25-16-12-23(13-17-25)27(3,4)5/h6-17,20H,18H2,1-5H3. The number of nitriles is 1. The van der Waals surface area contributed by atoms with Gasteiger partial charge in [-0.15, -0.1) is 0 Å². The molecule has 0 saturated heterocycles. The number of anilines is 3. The van der Waals surface area contributed by atoms with E-state index < -0.39 is 0 Å². The van der Waals surface area contributed by atoms with Crippen molar-refractivity contribution in [2.45, 2.75) is 52.4 Å². The van der Waals surface area contributed by atoms with Crippen LogP contribution in [0, 0.1) is 11.3 Å². The molecular formula is C27H30N2. The van der Waals surface area contributed by atoms with E-state index in [1.54, 1.807) is 0 Å². The maximum atomic E-state index is 9.32. The van der Waals surface area contributed by atoms with Gasteiger partial charge in [0.1, 0.15) is 0 Å². The molecule has 0 aliphatic rings. The van der Waals surface area contributed by atoms with Crippen molar-refractivity contribution >= 4 is 17.1 Å². The summed E-state index contributed by atoms with van der Waals surface area (Å²) in [4.78, 5) is 2.25. The Balaban J connectivity index is 2.13.